The first-order valence-corrected chi connectivity index (χ1v) is 6.21. The van der Waals surface area contributed by atoms with Crippen molar-refractivity contribution in [3.05, 3.63) is 48.4 Å². The Bertz CT molecular complexity index is 939. The molecule has 0 unspecified atom stereocenters. The molecule has 0 atom stereocenters. The summed E-state index contributed by atoms with van der Waals surface area (Å²) in [7, 11) is 0. The summed E-state index contributed by atoms with van der Waals surface area (Å²) >= 11 is 0. The minimum absolute atomic E-state index is 0.259. The van der Waals surface area contributed by atoms with E-state index in [-0.39, 0.29) is 5.82 Å². The van der Waals surface area contributed by atoms with Crippen molar-refractivity contribution in [1.82, 2.24) is 15.0 Å². The van der Waals surface area contributed by atoms with Crippen LogP contribution < -0.4 is 0 Å². The number of aryl methyl sites for hydroxylation is 1. The van der Waals surface area contributed by atoms with Crippen LogP contribution in [0.4, 0.5) is 4.39 Å². The number of hydrogen-bond donors (Lipinski definition) is 1. The fourth-order valence-corrected chi connectivity index (χ4v) is 2.41. The second kappa shape index (κ2) is 3.90. The van der Waals surface area contributed by atoms with Crippen LogP contribution in [0.25, 0.3) is 33.3 Å². The molecule has 4 aromatic rings. The summed E-state index contributed by atoms with van der Waals surface area (Å²) in [5.74, 6) is 0.330. The third-order valence-electron chi connectivity index (χ3n) is 3.31. The zero-order valence-electron chi connectivity index (χ0n) is 10.6. The predicted molar refractivity (Wildman–Crippen MR) is 73.8 cm³/mol. The maximum absolute atomic E-state index is 13.2. The number of H-pyrrole nitrogens is 1. The lowest BCUT2D eigenvalue weighted by atomic mass is 10.1. The first-order valence-electron chi connectivity index (χ1n) is 6.21. The maximum atomic E-state index is 13.2. The first-order chi connectivity index (χ1) is 9.70. The minimum atomic E-state index is -0.259. The lowest BCUT2D eigenvalue weighted by molar-refractivity contribution is 0.561. The molecule has 0 aliphatic heterocycles. The van der Waals surface area contributed by atoms with Crippen LogP contribution in [0.5, 0.6) is 0 Å². The predicted octanol–water partition coefficient (Wildman–Crippen LogP) is 3.82. The van der Waals surface area contributed by atoms with Crippen molar-refractivity contribution >= 4 is 22.1 Å². The molecule has 0 aliphatic carbocycles. The zero-order valence-corrected chi connectivity index (χ0v) is 10.6. The molecule has 0 fully saturated rings. The summed E-state index contributed by atoms with van der Waals surface area (Å²) in [6.45, 7) is 1.79. The van der Waals surface area contributed by atoms with Crippen molar-refractivity contribution < 1.29 is 8.81 Å². The lowest BCUT2D eigenvalue weighted by Gasteiger charge is -1.98. The lowest BCUT2D eigenvalue weighted by Crippen LogP contribution is -1.81. The Hall–Kier alpha value is -2.69. The Morgan fingerprint density at radius 3 is 3.05 bits per heavy atom. The number of benzene rings is 1. The van der Waals surface area contributed by atoms with Gasteiger partial charge in [0.15, 0.2) is 17.1 Å². The van der Waals surface area contributed by atoms with Gasteiger partial charge in [-0.15, -0.1) is 0 Å². The van der Waals surface area contributed by atoms with Gasteiger partial charge in [-0.3, -0.25) is 0 Å². The molecule has 0 amide bonds. The fourth-order valence-electron chi connectivity index (χ4n) is 2.41. The van der Waals surface area contributed by atoms with Gasteiger partial charge in [0.05, 0.1) is 0 Å². The highest BCUT2D eigenvalue weighted by Crippen LogP contribution is 2.30. The van der Waals surface area contributed by atoms with Gasteiger partial charge >= 0.3 is 0 Å². The average Bonchev–Trinajstić information content (AvgIpc) is 2.99. The first kappa shape index (κ1) is 11.2. The van der Waals surface area contributed by atoms with E-state index in [4.69, 9.17) is 4.42 Å². The monoisotopic (exact) mass is 267 g/mol. The Kier molecular flexibility index (Phi) is 2.18. The summed E-state index contributed by atoms with van der Waals surface area (Å²) in [6.07, 6.45) is 3.59. The molecule has 0 saturated carbocycles. The molecule has 3 aromatic heterocycles. The number of aromatic nitrogens is 3. The quantitative estimate of drug-likeness (QED) is 0.570. The van der Waals surface area contributed by atoms with Crippen LogP contribution in [0, 0.1) is 12.7 Å². The number of oxazole rings is 1. The van der Waals surface area contributed by atoms with Gasteiger partial charge in [0.1, 0.15) is 5.82 Å². The van der Waals surface area contributed by atoms with Crippen molar-refractivity contribution in [3.63, 3.8) is 0 Å². The van der Waals surface area contributed by atoms with E-state index in [0.29, 0.717) is 17.1 Å². The smallest absolute Gasteiger partial charge is 0.198 e. The molecule has 0 aliphatic rings. The number of pyridine rings is 1. The second-order valence-electron chi connectivity index (χ2n) is 4.67. The van der Waals surface area contributed by atoms with Crippen molar-refractivity contribution in [2.24, 2.45) is 0 Å². The molecule has 1 N–H and O–H groups in total. The molecular weight excluding hydrogens is 257 g/mol. The van der Waals surface area contributed by atoms with E-state index in [1.54, 1.807) is 19.2 Å². The van der Waals surface area contributed by atoms with Crippen LogP contribution >= 0.6 is 0 Å². The zero-order chi connectivity index (χ0) is 13.7. The molecule has 4 rings (SSSR count). The Labute approximate surface area is 113 Å². The van der Waals surface area contributed by atoms with Gasteiger partial charge in [-0.2, -0.15) is 4.98 Å². The number of halogens is 1. The summed E-state index contributed by atoms with van der Waals surface area (Å²) in [5.41, 5.74) is 3.87. The Morgan fingerprint density at radius 1 is 1.25 bits per heavy atom. The topological polar surface area (TPSA) is 54.7 Å². The van der Waals surface area contributed by atoms with Crippen LogP contribution in [0.2, 0.25) is 0 Å². The van der Waals surface area contributed by atoms with Gasteiger partial charge in [-0.1, -0.05) is 0 Å². The number of aromatic amines is 1. The molecule has 0 spiro atoms. The number of hydrogen-bond acceptors (Lipinski definition) is 3. The minimum Gasteiger partial charge on any atom is -0.439 e. The van der Waals surface area contributed by atoms with Crippen LogP contribution in [0.1, 0.15) is 5.89 Å². The third-order valence-corrected chi connectivity index (χ3v) is 3.31. The highest BCUT2D eigenvalue weighted by molar-refractivity contribution is 5.96. The molecule has 1 aromatic carbocycles. The summed E-state index contributed by atoms with van der Waals surface area (Å²) in [4.78, 5) is 11.5. The van der Waals surface area contributed by atoms with Gasteiger partial charge in [0.25, 0.3) is 0 Å². The van der Waals surface area contributed by atoms with E-state index in [9.17, 15) is 4.39 Å². The molecular formula is C15H10FN3O. The SMILES string of the molecule is Cc1nc2ncc(-c3c[nH]c4cc(F)ccc34)cc2o1. The standard InChI is InChI=1S/C15H10FN3O/c1-8-19-15-14(20-8)4-9(6-18-15)12-7-17-13-5-10(16)2-3-11(12)13/h2-7,17H,1H3. The van der Waals surface area contributed by atoms with E-state index in [1.165, 1.54) is 12.1 Å². The second-order valence-corrected chi connectivity index (χ2v) is 4.67. The number of rotatable bonds is 1. The van der Waals surface area contributed by atoms with Gasteiger partial charge in [0, 0.05) is 41.3 Å². The van der Waals surface area contributed by atoms with Crippen molar-refractivity contribution in [2.75, 3.05) is 0 Å². The molecule has 0 saturated heterocycles. The van der Waals surface area contributed by atoms with Crippen LogP contribution in [0.3, 0.4) is 0 Å². The molecule has 0 bridgehead atoms. The molecule has 98 valence electrons. The number of nitrogens with one attached hydrogen (secondary N) is 1. The van der Waals surface area contributed by atoms with Gasteiger partial charge in [0.2, 0.25) is 0 Å². The van der Waals surface area contributed by atoms with E-state index in [0.717, 1.165) is 22.0 Å². The summed E-state index contributed by atoms with van der Waals surface area (Å²) < 4.78 is 18.7. The van der Waals surface area contributed by atoms with Gasteiger partial charge in [-0.25, -0.2) is 9.37 Å². The van der Waals surface area contributed by atoms with Crippen molar-refractivity contribution in [3.8, 4) is 11.1 Å². The van der Waals surface area contributed by atoms with Crippen molar-refractivity contribution in [2.45, 2.75) is 6.92 Å². The average molecular weight is 267 g/mol. The molecule has 20 heavy (non-hydrogen) atoms. The maximum Gasteiger partial charge on any atom is 0.198 e. The van der Waals surface area contributed by atoms with Crippen LogP contribution in [-0.4, -0.2) is 15.0 Å². The molecule has 0 radical (unpaired) electrons. The summed E-state index contributed by atoms with van der Waals surface area (Å²) in [6, 6.07) is 6.58. The van der Waals surface area contributed by atoms with Gasteiger partial charge in [-0.05, 0) is 24.3 Å². The molecule has 3 heterocycles. The number of fused-ring (bicyclic) bond motifs is 2. The highest BCUT2D eigenvalue weighted by atomic mass is 19.1. The molecule has 4 nitrogen and oxygen atoms in total. The van der Waals surface area contributed by atoms with E-state index in [1.807, 2.05) is 12.3 Å². The molecule has 5 heteroatoms. The van der Waals surface area contributed by atoms with Gasteiger partial charge < -0.3 is 9.40 Å². The Morgan fingerprint density at radius 2 is 2.15 bits per heavy atom. The normalized spacial score (nSPS) is 11.5. The number of nitrogens with zero attached hydrogens (tertiary/aromatic N) is 2. The van der Waals surface area contributed by atoms with E-state index in [2.05, 4.69) is 15.0 Å². The van der Waals surface area contributed by atoms with E-state index < -0.39 is 0 Å². The Balaban J connectivity index is 1.95. The third kappa shape index (κ3) is 1.60. The largest absolute Gasteiger partial charge is 0.439 e. The fraction of sp³-hybridized carbons (Fsp3) is 0.0667. The summed E-state index contributed by atoms with van der Waals surface area (Å²) in [5, 5.41) is 0.948. The van der Waals surface area contributed by atoms with E-state index >= 15 is 0 Å². The highest BCUT2D eigenvalue weighted by Gasteiger charge is 2.10. The van der Waals surface area contributed by atoms with Crippen LogP contribution in [-0.2, 0) is 0 Å². The van der Waals surface area contributed by atoms with Crippen molar-refractivity contribution in [1.29, 1.82) is 0 Å². The van der Waals surface area contributed by atoms with Crippen LogP contribution in [0.15, 0.2) is 41.1 Å².